The van der Waals surface area contributed by atoms with Crippen LogP contribution in [0.5, 0.6) is 0 Å². The van der Waals surface area contributed by atoms with Crippen LogP contribution >= 0.6 is 0 Å². The molecule has 27 heavy (non-hydrogen) atoms. The summed E-state index contributed by atoms with van der Waals surface area (Å²) in [6, 6.07) is 19.4. The Morgan fingerprint density at radius 2 is 1.59 bits per heavy atom. The molecule has 3 rings (SSSR count). The van der Waals surface area contributed by atoms with Crippen molar-refractivity contribution >= 4 is 27.8 Å². The van der Waals surface area contributed by atoms with E-state index in [-0.39, 0.29) is 0 Å². The van der Waals surface area contributed by atoms with E-state index in [0.29, 0.717) is 0 Å². The maximum absolute atomic E-state index is 5.06. The largest absolute Gasteiger partial charge is 0.248 e. The zero-order valence-corrected chi connectivity index (χ0v) is 20.1. The lowest BCUT2D eigenvalue weighted by Gasteiger charge is -2.31. The van der Waals surface area contributed by atoms with E-state index in [0.717, 1.165) is 16.8 Å². The van der Waals surface area contributed by atoms with Crippen LogP contribution < -0.4 is 0 Å². The number of hydrogen-bond acceptors (Lipinski definition) is 1. The van der Waals surface area contributed by atoms with Gasteiger partial charge in [0.1, 0.15) is 0 Å². The Kier molecular flexibility index (Phi) is 5.73. The van der Waals surface area contributed by atoms with Gasteiger partial charge in [-0.15, -0.1) is 0 Å². The van der Waals surface area contributed by atoms with Crippen LogP contribution in [-0.4, -0.2) is 21.9 Å². The summed E-state index contributed by atoms with van der Waals surface area (Å²) in [6.45, 7) is 16.8. The third-order valence-corrected chi connectivity index (χ3v) is 9.93. The van der Waals surface area contributed by atoms with Gasteiger partial charge in [-0.2, -0.15) is 0 Å². The van der Waals surface area contributed by atoms with Crippen LogP contribution in [0.15, 0.2) is 48.5 Å². The second kappa shape index (κ2) is 7.72. The van der Waals surface area contributed by atoms with Crippen LogP contribution in [0.3, 0.4) is 0 Å². The molecule has 2 aromatic carbocycles. The van der Waals surface area contributed by atoms with Crippen LogP contribution in [-0.2, 0) is 0 Å². The van der Waals surface area contributed by atoms with E-state index < -0.39 is 16.9 Å². The van der Waals surface area contributed by atoms with Gasteiger partial charge in [0.05, 0.1) is 19.3 Å². The number of pyridine rings is 1. The molecule has 0 spiro atoms. The number of benzene rings is 2. The fourth-order valence-corrected chi connectivity index (χ4v) is 10.8. The van der Waals surface area contributed by atoms with E-state index in [4.69, 9.17) is 4.98 Å². The molecule has 0 amide bonds. The van der Waals surface area contributed by atoms with Crippen molar-refractivity contribution in [3.05, 3.63) is 65.2 Å². The van der Waals surface area contributed by atoms with Gasteiger partial charge in [0.2, 0.25) is 0 Å². The Hall–Kier alpha value is -1.72. The number of aryl methyl sites for hydroxylation is 2. The lowest BCUT2D eigenvalue weighted by atomic mass is 10.0. The molecule has 142 valence electrons. The second-order valence-electron chi connectivity index (χ2n) is 9.53. The SMILES string of the molecule is Cc1cc(C)cc(-c2ccc3c(C(C[SiH](C)C)[Si](C)(C)C)cccc3n2)c1. The maximum atomic E-state index is 5.06. The first-order valence-electron chi connectivity index (χ1n) is 10.1. The predicted octanol–water partition coefficient (Wildman–Crippen LogP) is 6.97. The third-order valence-electron chi connectivity index (χ3n) is 5.41. The summed E-state index contributed by atoms with van der Waals surface area (Å²) < 4.78 is 0. The zero-order valence-electron chi connectivity index (χ0n) is 17.9. The third kappa shape index (κ3) is 4.58. The molecule has 0 aliphatic heterocycles. The Morgan fingerprint density at radius 3 is 2.19 bits per heavy atom. The number of hydrogen-bond donors (Lipinski definition) is 0. The van der Waals surface area contributed by atoms with E-state index in [2.05, 4.69) is 95.1 Å². The lowest BCUT2D eigenvalue weighted by molar-refractivity contribution is 1.01. The molecular formula is C24H33NSi2. The normalized spacial score (nSPS) is 13.3. The number of nitrogens with zero attached hydrogens (tertiary/aromatic N) is 1. The summed E-state index contributed by atoms with van der Waals surface area (Å²) in [4.78, 5) is 5.06. The Labute approximate surface area is 167 Å². The smallest absolute Gasteiger partial charge is 0.0712 e. The van der Waals surface area contributed by atoms with Crippen molar-refractivity contribution in [2.24, 2.45) is 0 Å². The molecule has 0 fully saturated rings. The van der Waals surface area contributed by atoms with E-state index in [1.165, 1.54) is 33.7 Å². The van der Waals surface area contributed by atoms with Gasteiger partial charge < -0.3 is 0 Å². The first kappa shape index (κ1) is 20.0. The van der Waals surface area contributed by atoms with E-state index >= 15 is 0 Å². The second-order valence-corrected chi connectivity index (χ2v) is 18.2. The van der Waals surface area contributed by atoms with Gasteiger partial charge in [0.25, 0.3) is 0 Å². The van der Waals surface area contributed by atoms with Gasteiger partial charge in [0, 0.05) is 19.7 Å². The molecule has 0 bridgehead atoms. The zero-order chi connectivity index (χ0) is 19.8. The highest BCUT2D eigenvalue weighted by molar-refractivity contribution is 6.79. The monoisotopic (exact) mass is 391 g/mol. The van der Waals surface area contributed by atoms with Gasteiger partial charge in [-0.3, -0.25) is 0 Å². The highest BCUT2D eigenvalue weighted by Crippen LogP contribution is 2.36. The van der Waals surface area contributed by atoms with Crippen LogP contribution in [0.2, 0.25) is 38.8 Å². The Balaban J connectivity index is 2.12. The molecule has 0 N–H and O–H groups in total. The summed E-state index contributed by atoms with van der Waals surface area (Å²) in [5.74, 6) is 0. The summed E-state index contributed by atoms with van der Waals surface area (Å²) in [6.07, 6.45) is 0. The van der Waals surface area contributed by atoms with Crippen LogP contribution in [0.1, 0.15) is 22.2 Å². The molecule has 3 aromatic rings. The van der Waals surface area contributed by atoms with E-state index in [1.54, 1.807) is 0 Å². The fraction of sp³-hybridized carbons (Fsp3) is 0.375. The number of rotatable bonds is 5. The molecule has 1 nitrogen and oxygen atoms in total. The van der Waals surface area contributed by atoms with Crippen molar-refractivity contribution in [2.75, 3.05) is 0 Å². The minimum Gasteiger partial charge on any atom is -0.248 e. The highest BCUT2D eigenvalue weighted by atomic mass is 28.3. The highest BCUT2D eigenvalue weighted by Gasteiger charge is 2.30. The topological polar surface area (TPSA) is 12.9 Å². The molecular weight excluding hydrogens is 358 g/mol. The molecule has 1 atom stereocenters. The van der Waals surface area contributed by atoms with Crippen LogP contribution in [0.4, 0.5) is 0 Å². The predicted molar refractivity (Wildman–Crippen MR) is 126 cm³/mol. The van der Waals surface area contributed by atoms with Gasteiger partial charge in [0.15, 0.2) is 0 Å². The first-order valence-corrected chi connectivity index (χ1v) is 16.8. The maximum Gasteiger partial charge on any atom is 0.0712 e. The minimum absolute atomic E-state index is 0.634. The molecule has 0 aliphatic carbocycles. The Morgan fingerprint density at radius 1 is 0.926 bits per heavy atom. The van der Waals surface area contributed by atoms with Crippen LogP contribution in [0, 0.1) is 13.8 Å². The standard InChI is InChI=1S/C24H33NSi2/c1-17-13-18(2)15-19(14-17)22-12-11-20-21(9-8-10-23(20)25-22)24(16-26(3)4)27(5,6)7/h8-15,24,26H,16H2,1-7H3. The Bertz CT molecular complexity index is 934. The van der Waals surface area contributed by atoms with E-state index in [1.807, 2.05) is 0 Å². The fourth-order valence-electron chi connectivity index (χ4n) is 4.18. The van der Waals surface area contributed by atoms with Crippen molar-refractivity contribution in [1.29, 1.82) is 0 Å². The minimum atomic E-state index is -1.29. The summed E-state index contributed by atoms with van der Waals surface area (Å²) in [5, 5.41) is 1.35. The molecule has 0 saturated heterocycles. The van der Waals surface area contributed by atoms with Gasteiger partial charge in [-0.1, -0.05) is 74.2 Å². The molecule has 0 radical (unpaired) electrons. The molecule has 1 aromatic heterocycles. The molecule has 1 unspecified atom stereocenters. The van der Waals surface area contributed by atoms with Gasteiger partial charge >= 0.3 is 0 Å². The van der Waals surface area contributed by atoms with Crippen molar-refractivity contribution in [2.45, 2.75) is 58.2 Å². The van der Waals surface area contributed by atoms with Crippen molar-refractivity contribution in [3.8, 4) is 11.3 Å². The number of aromatic nitrogens is 1. The van der Waals surface area contributed by atoms with Gasteiger partial charge in [-0.25, -0.2) is 4.98 Å². The first-order chi connectivity index (χ1) is 12.6. The van der Waals surface area contributed by atoms with Crippen molar-refractivity contribution < 1.29 is 0 Å². The van der Waals surface area contributed by atoms with E-state index in [9.17, 15) is 0 Å². The molecule has 0 aliphatic rings. The lowest BCUT2D eigenvalue weighted by Crippen LogP contribution is -2.33. The van der Waals surface area contributed by atoms with Crippen molar-refractivity contribution in [3.63, 3.8) is 0 Å². The van der Waals surface area contributed by atoms with Crippen molar-refractivity contribution in [1.82, 2.24) is 4.98 Å². The van der Waals surface area contributed by atoms with Crippen LogP contribution in [0.25, 0.3) is 22.2 Å². The molecule has 3 heteroatoms. The summed E-state index contributed by atoms with van der Waals surface area (Å²) in [7, 11) is -1.93. The molecule has 1 heterocycles. The number of fused-ring (bicyclic) bond motifs is 1. The summed E-state index contributed by atoms with van der Waals surface area (Å²) in [5.41, 5.74) is 8.28. The van der Waals surface area contributed by atoms with Gasteiger partial charge in [-0.05, 0) is 49.2 Å². The summed E-state index contributed by atoms with van der Waals surface area (Å²) >= 11 is 0. The average molecular weight is 392 g/mol. The average Bonchev–Trinajstić information content (AvgIpc) is 2.57. The molecule has 0 saturated carbocycles. The quantitative estimate of drug-likeness (QED) is 0.428.